The van der Waals surface area contributed by atoms with Gasteiger partial charge in [0, 0.05) is 6.54 Å². The molecule has 2 rings (SSSR count). The van der Waals surface area contributed by atoms with E-state index in [-0.39, 0.29) is 6.10 Å². The first kappa shape index (κ1) is 14.7. The molecule has 0 atom stereocenters. The summed E-state index contributed by atoms with van der Waals surface area (Å²) < 4.78 is 5.93. The number of nitrogens with zero attached hydrogens (tertiary/aromatic N) is 1. The molecule has 19 heavy (non-hydrogen) atoms. The topological polar surface area (TPSA) is 34.2 Å². The van der Waals surface area contributed by atoms with E-state index in [0.717, 1.165) is 25.3 Å². The number of halogens is 2. The number of ether oxygens (including phenoxy) is 1. The minimum Gasteiger partial charge on any atom is -0.473 e. The summed E-state index contributed by atoms with van der Waals surface area (Å²) in [7, 11) is 0. The molecule has 1 N–H and O–H groups in total. The molecule has 1 aliphatic rings. The Kier molecular flexibility index (Phi) is 5.17. The predicted molar refractivity (Wildman–Crippen MR) is 80.5 cm³/mol. The van der Waals surface area contributed by atoms with Gasteiger partial charge >= 0.3 is 0 Å². The van der Waals surface area contributed by atoms with Crippen LogP contribution in [0.5, 0.6) is 5.88 Å². The predicted octanol–water partition coefficient (Wildman–Crippen LogP) is 4.78. The number of hydrogen-bond acceptors (Lipinski definition) is 3. The number of pyridine rings is 1. The highest BCUT2D eigenvalue weighted by Gasteiger charge is 2.21. The fraction of sp³-hybridized carbons (Fsp3) is 0.643. The van der Waals surface area contributed by atoms with Gasteiger partial charge < -0.3 is 10.1 Å². The minimum atomic E-state index is 0.219. The summed E-state index contributed by atoms with van der Waals surface area (Å²) in [6.45, 7) is 5.04. The Labute approximate surface area is 124 Å². The zero-order valence-electron chi connectivity index (χ0n) is 11.4. The van der Waals surface area contributed by atoms with E-state index in [1.54, 1.807) is 6.07 Å². The van der Waals surface area contributed by atoms with Crippen LogP contribution in [0.2, 0.25) is 10.0 Å². The second kappa shape index (κ2) is 6.67. The van der Waals surface area contributed by atoms with Crippen molar-refractivity contribution in [2.24, 2.45) is 5.92 Å². The molecule has 1 heterocycles. The lowest BCUT2D eigenvalue weighted by Crippen LogP contribution is -2.23. The lowest BCUT2D eigenvalue weighted by atomic mass is 9.89. The second-order valence-corrected chi connectivity index (χ2v) is 5.95. The minimum absolute atomic E-state index is 0.219. The lowest BCUT2D eigenvalue weighted by molar-refractivity contribution is 0.130. The van der Waals surface area contributed by atoms with Crippen LogP contribution in [0, 0.1) is 5.92 Å². The van der Waals surface area contributed by atoms with Gasteiger partial charge in [0.25, 0.3) is 0 Å². The van der Waals surface area contributed by atoms with Crippen LogP contribution in [-0.2, 0) is 0 Å². The van der Waals surface area contributed by atoms with Crippen molar-refractivity contribution < 1.29 is 4.74 Å². The third-order valence-corrected chi connectivity index (χ3v) is 4.04. The van der Waals surface area contributed by atoms with Crippen molar-refractivity contribution in [3.63, 3.8) is 0 Å². The van der Waals surface area contributed by atoms with Crippen LogP contribution in [-0.4, -0.2) is 17.6 Å². The molecule has 1 saturated carbocycles. The van der Waals surface area contributed by atoms with Crippen molar-refractivity contribution >= 4 is 29.0 Å². The monoisotopic (exact) mass is 302 g/mol. The molecule has 1 aromatic heterocycles. The molecule has 3 nitrogen and oxygen atoms in total. The second-order valence-electron chi connectivity index (χ2n) is 5.14. The van der Waals surface area contributed by atoms with Crippen molar-refractivity contribution in [2.45, 2.75) is 45.6 Å². The molecule has 0 saturated heterocycles. The maximum absolute atomic E-state index is 6.15. The van der Waals surface area contributed by atoms with Gasteiger partial charge in [-0.1, -0.05) is 30.1 Å². The van der Waals surface area contributed by atoms with Crippen molar-refractivity contribution in [3.05, 3.63) is 16.1 Å². The van der Waals surface area contributed by atoms with Gasteiger partial charge in [0.1, 0.15) is 16.9 Å². The molecule has 1 aliphatic carbocycles. The first-order valence-electron chi connectivity index (χ1n) is 6.86. The number of anilines is 1. The van der Waals surface area contributed by atoms with E-state index in [2.05, 4.69) is 17.2 Å². The normalized spacial score (nSPS) is 23.2. The average molecular weight is 303 g/mol. The van der Waals surface area contributed by atoms with Gasteiger partial charge in [-0.15, -0.1) is 0 Å². The highest BCUT2D eigenvalue weighted by atomic mass is 35.5. The van der Waals surface area contributed by atoms with Crippen LogP contribution in [0.3, 0.4) is 0 Å². The fourth-order valence-electron chi connectivity index (χ4n) is 2.33. The maximum Gasteiger partial charge on any atom is 0.234 e. The molecule has 5 heteroatoms. The first-order valence-corrected chi connectivity index (χ1v) is 7.62. The van der Waals surface area contributed by atoms with Crippen LogP contribution in [0.25, 0.3) is 0 Å². The highest BCUT2D eigenvalue weighted by Crippen LogP contribution is 2.33. The quantitative estimate of drug-likeness (QED) is 0.869. The van der Waals surface area contributed by atoms with E-state index in [0.29, 0.717) is 21.7 Å². The van der Waals surface area contributed by atoms with Crippen molar-refractivity contribution in [1.82, 2.24) is 4.98 Å². The fourth-order valence-corrected chi connectivity index (χ4v) is 2.80. The number of nitrogens with one attached hydrogen (secondary N) is 1. The summed E-state index contributed by atoms with van der Waals surface area (Å²) in [5.41, 5.74) is 0. The Morgan fingerprint density at radius 2 is 1.95 bits per heavy atom. The Balaban J connectivity index is 2.08. The average Bonchev–Trinajstić information content (AvgIpc) is 2.38. The summed E-state index contributed by atoms with van der Waals surface area (Å²) >= 11 is 12.2. The molecular weight excluding hydrogens is 283 g/mol. The Morgan fingerprint density at radius 1 is 1.26 bits per heavy atom. The van der Waals surface area contributed by atoms with E-state index >= 15 is 0 Å². The molecule has 0 aliphatic heterocycles. The van der Waals surface area contributed by atoms with Gasteiger partial charge in [0.2, 0.25) is 5.88 Å². The van der Waals surface area contributed by atoms with E-state index in [9.17, 15) is 0 Å². The van der Waals surface area contributed by atoms with Crippen LogP contribution in [0.15, 0.2) is 6.07 Å². The molecule has 0 spiro atoms. The maximum atomic E-state index is 6.15. The summed E-state index contributed by atoms with van der Waals surface area (Å²) in [6.07, 6.45) is 4.76. The van der Waals surface area contributed by atoms with Crippen LogP contribution in [0.4, 0.5) is 5.82 Å². The number of rotatable bonds is 4. The van der Waals surface area contributed by atoms with Gasteiger partial charge in [-0.25, -0.2) is 0 Å². The van der Waals surface area contributed by atoms with Gasteiger partial charge in [-0.3, -0.25) is 0 Å². The van der Waals surface area contributed by atoms with Crippen LogP contribution >= 0.6 is 23.2 Å². The third-order valence-electron chi connectivity index (χ3n) is 3.48. The summed E-state index contributed by atoms with van der Waals surface area (Å²) in [5.74, 6) is 1.92. The third kappa shape index (κ3) is 3.90. The van der Waals surface area contributed by atoms with E-state index in [1.165, 1.54) is 12.8 Å². The molecular formula is C14H20Cl2N2O. The van der Waals surface area contributed by atoms with Gasteiger partial charge in [0.15, 0.2) is 0 Å². The summed E-state index contributed by atoms with van der Waals surface area (Å²) in [5, 5.41) is 4.11. The SMILES string of the molecule is CCNc1nc(OC2CCC(C)CC2)c(Cl)cc1Cl. The van der Waals surface area contributed by atoms with E-state index < -0.39 is 0 Å². The van der Waals surface area contributed by atoms with Gasteiger partial charge in [0.05, 0.1) is 5.02 Å². The van der Waals surface area contributed by atoms with Crippen molar-refractivity contribution in [3.8, 4) is 5.88 Å². The van der Waals surface area contributed by atoms with Crippen LogP contribution < -0.4 is 10.1 Å². The standard InChI is InChI=1S/C14H20Cl2N2O/c1-3-17-13-11(15)8-12(16)14(18-13)19-10-6-4-9(2)5-7-10/h8-10H,3-7H2,1-2H3,(H,17,18). The van der Waals surface area contributed by atoms with E-state index in [4.69, 9.17) is 27.9 Å². The van der Waals surface area contributed by atoms with Crippen molar-refractivity contribution in [2.75, 3.05) is 11.9 Å². The number of hydrogen-bond donors (Lipinski definition) is 1. The van der Waals surface area contributed by atoms with E-state index in [1.807, 2.05) is 6.92 Å². The Hall–Kier alpha value is -0.670. The largest absolute Gasteiger partial charge is 0.473 e. The number of aromatic nitrogens is 1. The van der Waals surface area contributed by atoms with Gasteiger partial charge in [-0.05, 0) is 44.6 Å². The zero-order valence-corrected chi connectivity index (χ0v) is 12.9. The van der Waals surface area contributed by atoms with Gasteiger partial charge in [-0.2, -0.15) is 4.98 Å². The summed E-state index contributed by atoms with van der Waals surface area (Å²) in [6, 6.07) is 1.69. The molecule has 0 bridgehead atoms. The molecule has 106 valence electrons. The smallest absolute Gasteiger partial charge is 0.234 e. The highest BCUT2D eigenvalue weighted by molar-refractivity contribution is 6.36. The summed E-state index contributed by atoms with van der Waals surface area (Å²) in [4.78, 5) is 4.38. The Morgan fingerprint density at radius 3 is 2.58 bits per heavy atom. The molecule has 0 aromatic carbocycles. The zero-order chi connectivity index (χ0) is 13.8. The molecule has 0 amide bonds. The van der Waals surface area contributed by atoms with Crippen molar-refractivity contribution in [1.29, 1.82) is 0 Å². The van der Waals surface area contributed by atoms with Crippen LogP contribution in [0.1, 0.15) is 39.5 Å². The Bertz CT molecular complexity index is 432. The molecule has 0 radical (unpaired) electrons. The first-order chi connectivity index (χ1) is 9.10. The molecule has 1 fully saturated rings. The lowest BCUT2D eigenvalue weighted by Gasteiger charge is -2.26. The molecule has 0 unspecified atom stereocenters. The molecule has 1 aromatic rings.